The molecular weight excluding hydrogens is 1200 g/mol. The highest BCUT2D eigenvalue weighted by atomic mass is 16.7. The number of aliphatic hydroxyl groups excluding tert-OH is 2. The molecule has 10 atom stereocenters. The zero-order chi connectivity index (χ0) is 69.8. The molecule has 1 saturated carbocycles. The molecule has 0 bridgehead atoms. The summed E-state index contributed by atoms with van der Waals surface area (Å²) >= 11 is 0. The van der Waals surface area contributed by atoms with E-state index in [0.717, 1.165) is 43.9 Å². The third kappa shape index (κ3) is 56.3. The Morgan fingerprint density at radius 1 is 0.351 bits per heavy atom. The number of aliphatic carboxylic acids is 1. The molecule has 1 saturated heterocycles. The molecule has 2 fully saturated rings. The normalized spacial score (nSPS) is 19.1. The van der Waals surface area contributed by atoms with Gasteiger partial charge >= 0.3 is 5.97 Å². The van der Waals surface area contributed by atoms with Crippen LogP contribution in [-0.4, -0.2) is 78.9 Å². The van der Waals surface area contributed by atoms with E-state index in [9.17, 15) is 20.1 Å². The lowest BCUT2D eigenvalue weighted by Gasteiger charge is -2.26. The summed E-state index contributed by atoms with van der Waals surface area (Å²) < 4.78 is 23.2. The fourth-order valence-electron chi connectivity index (χ4n) is 16.5. The lowest BCUT2D eigenvalue weighted by Crippen LogP contribution is -2.38. The third-order valence-corrected chi connectivity index (χ3v) is 23.6. The van der Waals surface area contributed by atoms with Crippen LogP contribution in [0.25, 0.3) is 0 Å². The standard InChI is InChI=1S/C89H174O8/c1-6-8-10-12-14-16-18-20-22-24-25-26-27-31-38-44-50-56-62-68-74-82(88(92)93)84(96-78-85-86(90)87(91)89(95-5)97-85)76-70-64-58-52-46-40-32-28-30-36-42-48-54-60-66-72-80-77-81(80)73-67-61-55-49-43-37-33-34-39-45-51-57-63-69-75-83(94-4)79(3)71-65-59-53-47-41-35-29-23-21-19-17-15-13-11-9-7-2/h79-87,89-91H,6-78H2,1-5H3,(H,92,93)/t79-,80+,81-,82?,83-,84?,85+,86+,87-,89-/m0/s1. The van der Waals surface area contributed by atoms with E-state index >= 15 is 0 Å². The van der Waals surface area contributed by atoms with Crippen LogP contribution in [0.2, 0.25) is 0 Å². The highest BCUT2D eigenvalue weighted by Crippen LogP contribution is 2.46. The number of carboxylic acid groups (broad SMARTS) is 1. The van der Waals surface area contributed by atoms with Gasteiger partial charge in [0.1, 0.15) is 18.3 Å². The van der Waals surface area contributed by atoms with Crippen molar-refractivity contribution >= 4 is 5.97 Å². The summed E-state index contributed by atoms with van der Waals surface area (Å²) in [5.74, 6) is 1.46. The van der Waals surface area contributed by atoms with Crippen molar-refractivity contribution in [1.29, 1.82) is 0 Å². The van der Waals surface area contributed by atoms with E-state index in [2.05, 4.69) is 20.8 Å². The maximum absolute atomic E-state index is 12.7. The van der Waals surface area contributed by atoms with Gasteiger partial charge in [0.05, 0.1) is 24.7 Å². The zero-order valence-electron chi connectivity index (χ0n) is 66.3. The number of hydrogen-bond acceptors (Lipinski definition) is 7. The molecular formula is C89H174O8. The van der Waals surface area contributed by atoms with E-state index in [4.69, 9.17) is 18.9 Å². The quantitative estimate of drug-likeness (QED) is 0.0516. The van der Waals surface area contributed by atoms with E-state index in [0.29, 0.717) is 24.9 Å². The van der Waals surface area contributed by atoms with Crippen molar-refractivity contribution in [3.05, 3.63) is 0 Å². The number of carboxylic acids is 1. The number of unbranched alkanes of at least 4 members (excludes halogenated alkanes) is 61. The Morgan fingerprint density at radius 3 is 0.876 bits per heavy atom. The van der Waals surface area contributed by atoms with Crippen LogP contribution in [0, 0.1) is 23.7 Å². The molecule has 2 rings (SSSR count). The molecule has 8 nitrogen and oxygen atoms in total. The molecule has 0 aromatic rings. The summed E-state index contributed by atoms with van der Waals surface area (Å²) in [5.41, 5.74) is 0. The van der Waals surface area contributed by atoms with Crippen LogP contribution in [0.5, 0.6) is 0 Å². The summed E-state index contributed by atoms with van der Waals surface area (Å²) in [7, 11) is 3.40. The molecule has 0 aromatic carbocycles. The van der Waals surface area contributed by atoms with Crippen molar-refractivity contribution in [3.63, 3.8) is 0 Å². The lowest BCUT2D eigenvalue weighted by atomic mass is 9.91. The van der Waals surface area contributed by atoms with Crippen LogP contribution in [-0.2, 0) is 23.7 Å². The first-order valence-electron chi connectivity index (χ1n) is 44.7. The first kappa shape index (κ1) is 92.3. The van der Waals surface area contributed by atoms with Crippen molar-refractivity contribution in [3.8, 4) is 0 Å². The minimum absolute atomic E-state index is 0.0464. The average molecular weight is 1370 g/mol. The monoisotopic (exact) mass is 1370 g/mol. The molecule has 2 aliphatic rings. The minimum atomic E-state index is -1.15. The Bertz CT molecular complexity index is 1580. The number of aliphatic hydroxyl groups is 2. The van der Waals surface area contributed by atoms with Gasteiger partial charge in [0.25, 0.3) is 0 Å². The van der Waals surface area contributed by atoms with Crippen LogP contribution in [0.4, 0.5) is 0 Å². The Labute approximate surface area is 606 Å². The van der Waals surface area contributed by atoms with Crippen LogP contribution in [0.3, 0.4) is 0 Å². The van der Waals surface area contributed by atoms with Gasteiger partial charge in [-0.25, -0.2) is 0 Å². The largest absolute Gasteiger partial charge is 0.481 e. The summed E-state index contributed by atoms with van der Waals surface area (Å²) in [4.78, 5) is 12.7. The van der Waals surface area contributed by atoms with Gasteiger partial charge in [-0.15, -0.1) is 0 Å². The van der Waals surface area contributed by atoms with Crippen LogP contribution < -0.4 is 0 Å². The molecule has 8 heteroatoms. The number of methoxy groups -OCH3 is 2. The second-order valence-electron chi connectivity index (χ2n) is 32.6. The van der Waals surface area contributed by atoms with E-state index in [1.165, 1.54) is 424 Å². The Morgan fingerprint density at radius 2 is 0.608 bits per heavy atom. The SMILES string of the molecule is CCCCCCCCCCCCCCCCCCCCCCC(C(=O)O)C(CCCCCCCCCCCCCCCCC[C@@H]1C[C@@H]1CCCCCCCCCCCCCCCC[C@H](OC)[C@@H](C)CCCCCCCCCCCCCCCCCC)OC[C@H]1O[C@H](OC)[C@@H](O)[C@@H]1O. The summed E-state index contributed by atoms with van der Waals surface area (Å²) in [6.07, 6.45) is 94.2. The molecule has 2 unspecified atom stereocenters. The average Bonchev–Trinajstić information content (AvgIpc) is 1.79. The number of rotatable bonds is 81. The fourth-order valence-corrected chi connectivity index (χ4v) is 16.5. The molecule has 0 spiro atoms. The smallest absolute Gasteiger partial charge is 0.309 e. The Balaban J connectivity index is 1.34. The van der Waals surface area contributed by atoms with Crippen molar-refractivity contribution < 1.29 is 39.1 Å². The van der Waals surface area contributed by atoms with E-state index < -0.39 is 42.6 Å². The highest BCUT2D eigenvalue weighted by molar-refractivity contribution is 5.70. The Kier molecular flexibility index (Phi) is 67.4. The first-order valence-corrected chi connectivity index (χ1v) is 44.7. The molecule has 97 heavy (non-hydrogen) atoms. The molecule has 0 radical (unpaired) electrons. The molecule has 1 aliphatic heterocycles. The maximum Gasteiger partial charge on any atom is 0.309 e. The predicted molar refractivity (Wildman–Crippen MR) is 419 cm³/mol. The van der Waals surface area contributed by atoms with Gasteiger partial charge in [-0.05, 0) is 49.9 Å². The van der Waals surface area contributed by atoms with Gasteiger partial charge in [0.15, 0.2) is 6.29 Å². The second-order valence-corrected chi connectivity index (χ2v) is 32.6. The summed E-state index contributed by atoms with van der Waals surface area (Å²) in [6, 6.07) is 0. The van der Waals surface area contributed by atoms with Crippen molar-refractivity contribution in [2.45, 2.75) is 520 Å². The van der Waals surface area contributed by atoms with Crippen molar-refractivity contribution in [2.24, 2.45) is 23.7 Å². The fraction of sp³-hybridized carbons (Fsp3) is 0.989. The molecule has 0 aromatic heterocycles. The lowest BCUT2D eigenvalue weighted by molar-refractivity contribution is -0.166. The van der Waals surface area contributed by atoms with E-state index in [1.807, 2.05) is 7.11 Å². The van der Waals surface area contributed by atoms with Gasteiger partial charge in [-0.2, -0.15) is 0 Å². The summed E-state index contributed by atoms with van der Waals surface area (Å²) in [6.45, 7) is 7.09. The van der Waals surface area contributed by atoms with Crippen molar-refractivity contribution in [1.82, 2.24) is 0 Å². The minimum Gasteiger partial charge on any atom is -0.481 e. The maximum atomic E-state index is 12.7. The van der Waals surface area contributed by atoms with E-state index in [-0.39, 0.29) is 6.61 Å². The van der Waals surface area contributed by atoms with Gasteiger partial charge < -0.3 is 34.3 Å². The highest BCUT2D eigenvalue weighted by Gasteiger charge is 2.44. The molecule has 0 amide bonds. The van der Waals surface area contributed by atoms with Gasteiger partial charge in [-0.1, -0.05) is 451 Å². The van der Waals surface area contributed by atoms with Gasteiger partial charge in [0.2, 0.25) is 0 Å². The van der Waals surface area contributed by atoms with Crippen molar-refractivity contribution in [2.75, 3.05) is 20.8 Å². The zero-order valence-corrected chi connectivity index (χ0v) is 66.3. The molecule has 578 valence electrons. The Hall–Kier alpha value is -0.770. The van der Waals surface area contributed by atoms with Gasteiger partial charge in [-0.3, -0.25) is 4.79 Å². The number of hydrogen-bond donors (Lipinski definition) is 3. The number of ether oxygens (including phenoxy) is 4. The first-order chi connectivity index (χ1) is 47.8. The molecule has 1 heterocycles. The van der Waals surface area contributed by atoms with E-state index in [1.54, 1.807) is 0 Å². The van der Waals surface area contributed by atoms with Gasteiger partial charge in [0, 0.05) is 14.2 Å². The summed E-state index contributed by atoms with van der Waals surface area (Å²) in [5, 5.41) is 31.4. The van der Waals surface area contributed by atoms with Crippen LogP contribution in [0.1, 0.15) is 483 Å². The molecule has 1 aliphatic carbocycles. The predicted octanol–water partition coefficient (Wildman–Crippen LogP) is 28.2. The molecule has 3 N–H and O–H groups in total. The van der Waals surface area contributed by atoms with Crippen LogP contribution in [0.15, 0.2) is 0 Å². The second kappa shape index (κ2) is 70.9. The number of carbonyl (C=O) groups is 1. The topological polar surface area (TPSA) is 115 Å². The van der Waals surface area contributed by atoms with Crippen LogP contribution >= 0.6 is 0 Å². The third-order valence-electron chi connectivity index (χ3n) is 23.6.